The molecule has 0 aliphatic heterocycles. The van der Waals surface area contributed by atoms with Crippen LogP contribution in [-0.4, -0.2) is 13.2 Å². The van der Waals surface area contributed by atoms with Gasteiger partial charge in [-0.3, -0.25) is 0 Å². The lowest BCUT2D eigenvalue weighted by molar-refractivity contribution is 0.230. The first kappa shape index (κ1) is 25.1. The van der Waals surface area contributed by atoms with Crippen LogP contribution in [0.4, 0.5) is 0 Å². The molecule has 1 aliphatic rings. The smallest absolute Gasteiger partial charge is 0.119 e. The molecule has 0 saturated heterocycles. The second-order valence-corrected chi connectivity index (χ2v) is 9.46. The summed E-state index contributed by atoms with van der Waals surface area (Å²) in [6.07, 6.45) is 21.8. The molecule has 30 heavy (non-hydrogen) atoms. The normalized spacial score (nSPS) is 19.0. The van der Waals surface area contributed by atoms with Crippen molar-refractivity contribution in [3.05, 3.63) is 24.3 Å². The molecule has 0 heterocycles. The summed E-state index contributed by atoms with van der Waals surface area (Å²) >= 11 is 0. The number of ether oxygens (including phenoxy) is 2. The average molecular weight is 417 g/mol. The lowest BCUT2D eigenvalue weighted by Crippen LogP contribution is -2.15. The van der Waals surface area contributed by atoms with Gasteiger partial charge in [0.05, 0.1) is 13.2 Å². The van der Waals surface area contributed by atoms with E-state index in [0.717, 1.165) is 43.0 Å². The van der Waals surface area contributed by atoms with E-state index in [1.165, 1.54) is 96.3 Å². The van der Waals surface area contributed by atoms with Crippen molar-refractivity contribution in [1.29, 1.82) is 0 Å². The SMILES string of the molecule is CCCCCCCCCCOc1ccc(OCCC[C@H]2CC[C@H](CCC)CC2)cc1. The third kappa shape index (κ3) is 11.3. The van der Waals surface area contributed by atoms with Crippen LogP contribution in [0.3, 0.4) is 0 Å². The Morgan fingerprint density at radius 3 is 1.57 bits per heavy atom. The van der Waals surface area contributed by atoms with Gasteiger partial charge in [0, 0.05) is 0 Å². The Morgan fingerprint density at radius 1 is 0.567 bits per heavy atom. The van der Waals surface area contributed by atoms with Crippen molar-refractivity contribution in [2.45, 2.75) is 117 Å². The third-order valence-corrected chi connectivity index (χ3v) is 6.78. The number of hydrogen-bond acceptors (Lipinski definition) is 2. The van der Waals surface area contributed by atoms with E-state index in [0.29, 0.717) is 0 Å². The molecule has 0 aromatic heterocycles. The Hall–Kier alpha value is -1.18. The molecule has 1 aromatic rings. The molecule has 0 radical (unpaired) electrons. The van der Waals surface area contributed by atoms with Crippen LogP contribution < -0.4 is 9.47 Å². The molecule has 0 atom stereocenters. The van der Waals surface area contributed by atoms with Crippen LogP contribution in [0, 0.1) is 11.8 Å². The van der Waals surface area contributed by atoms with Gasteiger partial charge in [-0.15, -0.1) is 0 Å². The summed E-state index contributed by atoms with van der Waals surface area (Å²) in [5, 5.41) is 0. The highest BCUT2D eigenvalue weighted by Crippen LogP contribution is 2.33. The van der Waals surface area contributed by atoms with E-state index < -0.39 is 0 Å². The number of benzene rings is 1. The lowest BCUT2D eigenvalue weighted by atomic mass is 9.78. The molecule has 1 fully saturated rings. The maximum Gasteiger partial charge on any atom is 0.119 e. The molecule has 0 unspecified atom stereocenters. The molecule has 1 aromatic carbocycles. The van der Waals surface area contributed by atoms with Gasteiger partial charge in [0.2, 0.25) is 0 Å². The largest absolute Gasteiger partial charge is 0.494 e. The summed E-state index contributed by atoms with van der Waals surface area (Å²) in [5.41, 5.74) is 0. The maximum absolute atomic E-state index is 5.95. The van der Waals surface area contributed by atoms with Gasteiger partial charge in [-0.2, -0.15) is 0 Å². The molecular weight excluding hydrogens is 368 g/mol. The highest BCUT2D eigenvalue weighted by atomic mass is 16.5. The van der Waals surface area contributed by atoms with E-state index in [-0.39, 0.29) is 0 Å². The van der Waals surface area contributed by atoms with Gasteiger partial charge in [0.15, 0.2) is 0 Å². The van der Waals surface area contributed by atoms with Crippen LogP contribution in [0.25, 0.3) is 0 Å². The molecule has 1 aliphatic carbocycles. The first-order chi connectivity index (χ1) is 14.8. The van der Waals surface area contributed by atoms with Gasteiger partial charge in [-0.05, 0) is 55.4 Å². The zero-order valence-electron chi connectivity index (χ0n) is 20.0. The number of hydrogen-bond donors (Lipinski definition) is 0. The van der Waals surface area contributed by atoms with Crippen molar-refractivity contribution < 1.29 is 9.47 Å². The van der Waals surface area contributed by atoms with Gasteiger partial charge in [-0.1, -0.05) is 97.3 Å². The summed E-state index contributed by atoms with van der Waals surface area (Å²) in [4.78, 5) is 0. The molecular formula is C28H48O2. The highest BCUT2D eigenvalue weighted by Gasteiger charge is 2.20. The van der Waals surface area contributed by atoms with Gasteiger partial charge in [0.25, 0.3) is 0 Å². The summed E-state index contributed by atoms with van der Waals surface area (Å²) < 4.78 is 11.8. The Morgan fingerprint density at radius 2 is 1.03 bits per heavy atom. The van der Waals surface area contributed by atoms with E-state index in [1.54, 1.807) is 0 Å². The van der Waals surface area contributed by atoms with Gasteiger partial charge in [0.1, 0.15) is 11.5 Å². The molecule has 172 valence electrons. The molecule has 1 saturated carbocycles. The van der Waals surface area contributed by atoms with Crippen LogP contribution in [-0.2, 0) is 0 Å². The van der Waals surface area contributed by atoms with E-state index in [1.807, 2.05) is 0 Å². The minimum absolute atomic E-state index is 0.829. The first-order valence-electron chi connectivity index (χ1n) is 13.2. The van der Waals surface area contributed by atoms with Crippen LogP contribution >= 0.6 is 0 Å². The van der Waals surface area contributed by atoms with Crippen molar-refractivity contribution >= 4 is 0 Å². The minimum atomic E-state index is 0.829. The molecule has 2 heteroatoms. The Labute approximate surface area is 187 Å². The quantitative estimate of drug-likeness (QED) is 0.236. The summed E-state index contributed by atoms with van der Waals surface area (Å²) in [7, 11) is 0. The van der Waals surface area contributed by atoms with Crippen molar-refractivity contribution in [2.75, 3.05) is 13.2 Å². The van der Waals surface area contributed by atoms with Gasteiger partial charge >= 0.3 is 0 Å². The van der Waals surface area contributed by atoms with Gasteiger partial charge in [-0.25, -0.2) is 0 Å². The van der Waals surface area contributed by atoms with Crippen LogP contribution in [0.2, 0.25) is 0 Å². The average Bonchev–Trinajstić information content (AvgIpc) is 2.78. The van der Waals surface area contributed by atoms with Crippen molar-refractivity contribution in [3.8, 4) is 11.5 Å². The molecule has 0 spiro atoms. The van der Waals surface area contributed by atoms with Crippen LogP contribution in [0.5, 0.6) is 11.5 Å². The van der Waals surface area contributed by atoms with Gasteiger partial charge < -0.3 is 9.47 Å². The summed E-state index contributed by atoms with van der Waals surface area (Å²) in [6, 6.07) is 8.21. The first-order valence-corrected chi connectivity index (χ1v) is 13.2. The third-order valence-electron chi connectivity index (χ3n) is 6.78. The van der Waals surface area contributed by atoms with E-state index in [4.69, 9.17) is 9.47 Å². The second kappa shape index (κ2) is 16.5. The zero-order valence-corrected chi connectivity index (χ0v) is 20.0. The Balaban J connectivity index is 1.46. The number of rotatable bonds is 17. The molecule has 0 amide bonds. The second-order valence-electron chi connectivity index (χ2n) is 9.46. The van der Waals surface area contributed by atoms with Crippen LogP contribution in [0.15, 0.2) is 24.3 Å². The standard InChI is InChI=1S/C28H48O2/c1-3-5-6-7-8-9-10-11-23-29-27-19-21-28(22-20-27)30-24-12-14-26-17-15-25(13-4-2)16-18-26/h19-22,25-26H,3-18,23-24H2,1-2H3/t25-,26-. The van der Waals surface area contributed by atoms with Crippen molar-refractivity contribution in [2.24, 2.45) is 11.8 Å². The Kier molecular flexibility index (Phi) is 13.8. The predicted octanol–water partition coefficient (Wildman–Crippen LogP) is 8.97. The molecule has 0 bridgehead atoms. The fourth-order valence-corrected chi connectivity index (χ4v) is 4.84. The van der Waals surface area contributed by atoms with E-state index in [2.05, 4.69) is 38.1 Å². The molecule has 0 N–H and O–H groups in total. The zero-order chi connectivity index (χ0) is 21.3. The molecule has 2 nitrogen and oxygen atoms in total. The van der Waals surface area contributed by atoms with E-state index in [9.17, 15) is 0 Å². The number of unbranched alkanes of at least 4 members (excludes halogenated alkanes) is 7. The maximum atomic E-state index is 5.95. The predicted molar refractivity (Wildman–Crippen MR) is 130 cm³/mol. The summed E-state index contributed by atoms with van der Waals surface area (Å²) in [5.74, 6) is 3.89. The monoisotopic (exact) mass is 416 g/mol. The fourth-order valence-electron chi connectivity index (χ4n) is 4.84. The summed E-state index contributed by atoms with van der Waals surface area (Å²) in [6.45, 7) is 6.26. The van der Waals surface area contributed by atoms with Crippen molar-refractivity contribution in [3.63, 3.8) is 0 Å². The molecule has 2 rings (SSSR count). The van der Waals surface area contributed by atoms with Crippen LogP contribution in [0.1, 0.15) is 117 Å². The fraction of sp³-hybridized carbons (Fsp3) is 0.786. The Bertz CT molecular complexity index is 502. The highest BCUT2D eigenvalue weighted by molar-refractivity contribution is 5.31. The van der Waals surface area contributed by atoms with E-state index >= 15 is 0 Å². The minimum Gasteiger partial charge on any atom is -0.494 e. The van der Waals surface area contributed by atoms with Crippen molar-refractivity contribution in [1.82, 2.24) is 0 Å². The lowest BCUT2D eigenvalue weighted by Gasteiger charge is -2.28. The topological polar surface area (TPSA) is 18.5 Å².